The van der Waals surface area contributed by atoms with E-state index in [2.05, 4.69) is 4.98 Å². The van der Waals surface area contributed by atoms with Crippen LogP contribution < -0.4 is 5.73 Å². The quantitative estimate of drug-likeness (QED) is 0.781. The molecule has 1 unspecified atom stereocenters. The van der Waals surface area contributed by atoms with Crippen molar-refractivity contribution in [1.82, 2.24) is 4.98 Å². The van der Waals surface area contributed by atoms with Gasteiger partial charge in [0.25, 0.3) is 0 Å². The molecule has 4 heteroatoms. The summed E-state index contributed by atoms with van der Waals surface area (Å²) in [4.78, 5) is 4.34. The Morgan fingerprint density at radius 3 is 2.93 bits per heavy atom. The second-order valence-electron chi connectivity index (χ2n) is 3.61. The largest absolute Gasteiger partial charge is 0.444 e. The molecule has 2 rings (SSSR count). The fraction of sp³-hybridized carbons (Fsp3) is 0.700. The number of oxazole rings is 1. The molecular weight excluding hydrogens is 180 g/mol. The molecule has 78 valence electrons. The maximum Gasteiger partial charge on any atom is 0.208 e. The van der Waals surface area contributed by atoms with Crippen molar-refractivity contribution in [1.29, 1.82) is 0 Å². The minimum Gasteiger partial charge on any atom is -0.444 e. The summed E-state index contributed by atoms with van der Waals surface area (Å²) in [6, 6.07) is 0. The molecule has 4 nitrogen and oxygen atoms in total. The van der Waals surface area contributed by atoms with E-state index in [0.717, 1.165) is 30.9 Å². The number of rotatable bonds is 2. The van der Waals surface area contributed by atoms with E-state index in [1.165, 1.54) is 6.42 Å². The first kappa shape index (κ1) is 9.68. The molecule has 1 atom stereocenters. The van der Waals surface area contributed by atoms with Gasteiger partial charge in [-0.3, -0.25) is 0 Å². The van der Waals surface area contributed by atoms with Crippen LogP contribution in [0.15, 0.2) is 4.42 Å². The van der Waals surface area contributed by atoms with Crippen molar-refractivity contribution in [3.8, 4) is 0 Å². The van der Waals surface area contributed by atoms with Gasteiger partial charge in [0.1, 0.15) is 17.6 Å². The molecule has 1 aromatic rings. The van der Waals surface area contributed by atoms with Gasteiger partial charge >= 0.3 is 0 Å². The lowest BCUT2D eigenvalue weighted by Crippen LogP contribution is -2.12. The zero-order chi connectivity index (χ0) is 9.97. The van der Waals surface area contributed by atoms with Gasteiger partial charge in [0.15, 0.2) is 0 Å². The SMILES string of the molecule is Cc1oc(CN)nc1C1CCCCO1. The van der Waals surface area contributed by atoms with E-state index < -0.39 is 0 Å². The van der Waals surface area contributed by atoms with Crippen LogP contribution in [0.4, 0.5) is 0 Å². The van der Waals surface area contributed by atoms with Crippen LogP contribution in [0.2, 0.25) is 0 Å². The summed E-state index contributed by atoms with van der Waals surface area (Å²) < 4.78 is 11.0. The molecule has 0 radical (unpaired) electrons. The summed E-state index contributed by atoms with van der Waals surface area (Å²) in [5, 5.41) is 0. The normalized spacial score (nSPS) is 22.6. The van der Waals surface area contributed by atoms with Crippen molar-refractivity contribution in [3.63, 3.8) is 0 Å². The minimum atomic E-state index is 0.118. The predicted molar refractivity (Wildman–Crippen MR) is 51.7 cm³/mol. The number of hydrogen-bond acceptors (Lipinski definition) is 4. The first-order valence-electron chi connectivity index (χ1n) is 5.09. The molecule has 2 N–H and O–H groups in total. The van der Waals surface area contributed by atoms with E-state index in [9.17, 15) is 0 Å². The average Bonchev–Trinajstić information content (AvgIpc) is 2.61. The Morgan fingerprint density at radius 2 is 2.36 bits per heavy atom. The van der Waals surface area contributed by atoms with Gasteiger partial charge in [-0.05, 0) is 26.2 Å². The monoisotopic (exact) mass is 196 g/mol. The van der Waals surface area contributed by atoms with Crippen LogP contribution in [-0.2, 0) is 11.3 Å². The Morgan fingerprint density at radius 1 is 1.50 bits per heavy atom. The Kier molecular flexibility index (Phi) is 2.84. The first-order chi connectivity index (χ1) is 6.81. The highest BCUT2D eigenvalue weighted by molar-refractivity contribution is 5.12. The molecule has 1 aliphatic rings. The van der Waals surface area contributed by atoms with Gasteiger partial charge in [-0.15, -0.1) is 0 Å². The van der Waals surface area contributed by atoms with Gasteiger partial charge in [-0.2, -0.15) is 0 Å². The van der Waals surface area contributed by atoms with Crippen LogP contribution >= 0.6 is 0 Å². The van der Waals surface area contributed by atoms with Crippen molar-refractivity contribution >= 4 is 0 Å². The summed E-state index contributed by atoms with van der Waals surface area (Å²) in [7, 11) is 0. The topological polar surface area (TPSA) is 61.3 Å². The van der Waals surface area contributed by atoms with Gasteiger partial charge in [0.05, 0.1) is 6.54 Å². The van der Waals surface area contributed by atoms with E-state index in [1.54, 1.807) is 0 Å². The van der Waals surface area contributed by atoms with E-state index in [4.69, 9.17) is 14.9 Å². The summed E-state index contributed by atoms with van der Waals surface area (Å²) >= 11 is 0. The van der Waals surface area contributed by atoms with Gasteiger partial charge in [-0.1, -0.05) is 0 Å². The maximum absolute atomic E-state index is 5.64. The lowest BCUT2D eigenvalue weighted by atomic mass is 10.1. The molecule has 0 saturated carbocycles. The molecule has 0 amide bonds. The summed E-state index contributed by atoms with van der Waals surface area (Å²) in [6.07, 6.45) is 3.51. The number of nitrogens with zero attached hydrogens (tertiary/aromatic N) is 1. The van der Waals surface area contributed by atoms with Crippen LogP contribution in [0.25, 0.3) is 0 Å². The summed E-state index contributed by atoms with van der Waals surface area (Å²) in [6.45, 7) is 3.10. The van der Waals surface area contributed by atoms with Gasteiger partial charge in [0.2, 0.25) is 5.89 Å². The van der Waals surface area contributed by atoms with Gasteiger partial charge in [0, 0.05) is 6.61 Å². The lowest BCUT2D eigenvalue weighted by Gasteiger charge is -2.20. The standard InChI is InChI=1S/C10H16N2O2/c1-7-10(12-9(6-11)14-7)8-4-2-3-5-13-8/h8H,2-6,11H2,1H3. The zero-order valence-electron chi connectivity index (χ0n) is 8.45. The highest BCUT2D eigenvalue weighted by atomic mass is 16.5. The Bertz CT molecular complexity index is 303. The third-order valence-electron chi connectivity index (χ3n) is 2.54. The van der Waals surface area contributed by atoms with Crippen LogP contribution in [0.5, 0.6) is 0 Å². The van der Waals surface area contributed by atoms with Gasteiger partial charge < -0.3 is 14.9 Å². The molecule has 2 heterocycles. The fourth-order valence-electron chi connectivity index (χ4n) is 1.81. The maximum atomic E-state index is 5.64. The lowest BCUT2D eigenvalue weighted by molar-refractivity contribution is 0.0117. The highest BCUT2D eigenvalue weighted by Crippen LogP contribution is 2.29. The minimum absolute atomic E-state index is 0.118. The summed E-state index contributed by atoms with van der Waals surface area (Å²) in [5.74, 6) is 1.45. The van der Waals surface area contributed by atoms with E-state index in [1.807, 2.05) is 6.92 Å². The van der Waals surface area contributed by atoms with Crippen LogP contribution in [-0.4, -0.2) is 11.6 Å². The molecule has 0 aliphatic carbocycles. The zero-order valence-corrected chi connectivity index (χ0v) is 8.45. The number of ether oxygens (including phenoxy) is 1. The molecule has 0 spiro atoms. The van der Waals surface area contributed by atoms with E-state index >= 15 is 0 Å². The second-order valence-corrected chi connectivity index (χ2v) is 3.61. The fourth-order valence-corrected chi connectivity index (χ4v) is 1.81. The second kappa shape index (κ2) is 4.11. The van der Waals surface area contributed by atoms with Gasteiger partial charge in [-0.25, -0.2) is 4.98 Å². The molecule has 1 aromatic heterocycles. The van der Waals surface area contributed by atoms with Crippen molar-refractivity contribution in [3.05, 3.63) is 17.3 Å². The Labute approximate surface area is 83.4 Å². The van der Waals surface area contributed by atoms with Crippen LogP contribution in [0.1, 0.15) is 42.7 Å². The number of aryl methyl sites for hydroxylation is 1. The smallest absolute Gasteiger partial charge is 0.208 e. The molecule has 0 bridgehead atoms. The summed E-state index contributed by atoms with van der Waals surface area (Å²) in [5.41, 5.74) is 6.40. The highest BCUT2D eigenvalue weighted by Gasteiger charge is 2.22. The Hall–Kier alpha value is -0.870. The molecule has 1 fully saturated rings. The van der Waals surface area contributed by atoms with Crippen LogP contribution in [0.3, 0.4) is 0 Å². The number of nitrogens with two attached hydrogens (primary N) is 1. The van der Waals surface area contributed by atoms with Crippen LogP contribution in [0, 0.1) is 6.92 Å². The Balaban J connectivity index is 2.17. The molecular formula is C10H16N2O2. The first-order valence-corrected chi connectivity index (χ1v) is 5.09. The third-order valence-corrected chi connectivity index (χ3v) is 2.54. The van der Waals surface area contributed by atoms with E-state index in [-0.39, 0.29) is 6.10 Å². The third kappa shape index (κ3) is 1.81. The predicted octanol–water partition coefficient (Wildman–Crippen LogP) is 1.68. The van der Waals surface area contributed by atoms with Crippen molar-refractivity contribution in [2.45, 2.75) is 38.8 Å². The number of hydrogen-bond donors (Lipinski definition) is 1. The molecule has 1 saturated heterocycles. The average molecular weight is 196 g/mol. The molecule has 14 heavy (non-hydrogen) atoms. The molecule has 0 aromatic carbocycles. The van der Waals surface area contributed by atoms with E-state index in [0.29, 0.717) is 12.4 Å². The molecule has 1 aliphatic heterocycles. The van der Waals surface area contributed by atoms with Crippen molar-refractivity contribution < 1.29 is 9.15 Å². The number of aromatic nitrogens is 1. The van der Waals surface area contributed by atoms with Crippen molar-refractivity contribution in [2.24, 2.45) is 5.73 Å². The van der Waals surface area contributed by atoms with Crippen molar-refractivity contribution in [2.75, 3.05) is 6.61 Å².